The van der Waals surface area contributed by atoms with Gasteiger partial charge in [0, 0.05) is 23.5 Å². The van der Waals surface area contributed by atoms with Crippen LogP contribution in [0.1, 0.15) is 22.3 Å². The smallest absolute Gasteiger partial charge is 0.148 e. The zero-order chi connectivity index (χ0) is 42.1. The molecule has 0 amide bonds. The van der Waals surface area contributed by atoms with Crippen molar-refractivity contribution in [3.8, 4) is 22.3 Å². The molecule has 2 unspecified atom stereocenters. The molecule has 0 fully saturated rings. The van der Waals surface area contributed by atoms with Gasteiger partial charge >= 0.3 is 0 Å². The highest BCUT2D eigenvalue weighted by molar-refractivity contribution is 6.22. The molecule has 13 rings (SSSR count). The lowest BCUT2D eigenvalue weighted by atomic mass is 9.85. The molecule has 0 N–H and O–H groups in total. The van der Waals surface area contributed by atoms with Gasteiger partial charge in [0.25, 0.3) is 0 Å². The summed E-state index contributed by atoms with van der Waals surface area (Å²) in [5.74, 6) is 0. The molecular formula is C60H42N4. The van der Waals surface area contributed by atoms with Gasteiger partial charge in [-0.2, -0.15) is 0 Å². The maximum Gasteiger partial charge on any atom is 0.148 e. The quantitative estimate of drug-likeness (QED) is 0.157. The summed E-state index contributed by atoms with van der Waals surface area (Å²) in [7, 11) is 0. The first-order valence-corrected chi connectivity index (χ1v) is 22.3. The van der Waals surface area contributed by atoms with Crippen LogP contribution in [0.3, 0.4) is 0 Å². The maximum atomic E-state index is 5.29. The molecule has 9 aromatic rings. The van der Waals surface area contributed by atoms with Crippen LogP contribution in [0.4, 0.5) is 0 Å². The molecule has 4 heteroatoms. The molecule has 4 aliphatic rings. The minimum absolute atomic E-state index is 0.00172. The van der Waals surface area contributed by atoms with E-state index in [1.165, 1.54) is 98.7 Å². The van der Waals surface area contributed by atoms with E-state index in [9.17, 15) is 0 Å². The molecule has 64 heavy (non-hydrogen) atoms. The average Bonchev–Trinajstić information content (AvgIpc) is 4.01. The Hall–Kier alpha value is -8.08. The van der Waals surface area contributed by atoms with Crippen molar-refractivity contribution in [1.82, 2.24) is 9.80 Å². The van der Waals surface area contributed by atoms with Crippen molar-refractivity contribution in [2.24, 2.45) is 9.98 Å². The summed E-state index contributed by atoms with van der Waals surface area (Å²) in [4.78, 5) is 15.2. The van der Waals surface area contributed by atoms with Gasteiger partial charge in [0.15, 0.2) is 0 Å². The highest BCUT2D eigenvalue weighted by Crippen LogP contribution is 2.45. The molecule has 4 nitrogen and oxygen atoms in total. The maximum absolute atomic E-state index is 5.29. The van der Waals surface area contributed by atoms with E-state index in [0.717, 1.165) is 24.5 Å². The highest BCUT2D eigenvalue weighted by Gasteiger charge is 2.31. The second kappa shape index (κ2) is 14.8. The van der Waals surface area contributed by atoms with Gasteiger partial charge in [0.05, 0.1) is 24.5 Å². The summed E-state index contributed by atoms with van der Waals surface area (Å²) in [6, 6.07) is 66.8. The summed E-state index contributed by atoms with van der Waals surface area (Å²) in [6.07, 6.45) is 13.0. The van der Waals surface area contributed by atoms with E-state index in [4.69, 9.17) is 9.98 Å². The molecule has 0 saturated heterocycles. The fourth-order valence-corrected chi connectivity index (χ4v) is 10.5. The molecule has 0 spiro atoms. The predicted octanol–water partition coefficient (Wildman–Crippen LogP) is 13.7. The van der Waals surface area contributed by atoms with Crippen molar-refractivity contribution in [2.75, 3.05) is 13.1 Å². The van der Waals surface area contributed by atoms with Gasteiger partial charge in [-0.25, -0.2) is 0 Å². The summed E-state index contributed by atoms with van der Waals surface area (Å²) in [5.41, 5.74) is 14.5. The summed E-state index contributed by atoms with van der Waals surface area (Å²) >= 11 is 0. The molecule has 302 valence electrons. The molecule has 2 atom stereocenters. The number of allylic oxidation sites excluding steroid dienone is 4. The Kier molecular flexibility index (Phi) is 8.45. The first-order valence-electron chi connectivity index (χ1n) is 22.3. The number of hydrogen-bond acceptors (Lipinski definition) is 4. The number of rotatable bonds is 6. The third-order valence-corrected chi connectivity index (χ3v) is 13.6. The van der Waals surface area contributed by atoms with Gasteiger partial charge in [0.2, 0.25) is 0 Å². The van der Waals surface area contributed by atoms with E-state index in [0.29, 0.717) is 0 Å². The van der Waals surface area contributed by atoms with Crippen LogP contribution in [0.15, 0.2) is 229 Å². The van der Waals surface area contributed by atoms with Crippen molar-refractivity contribution >= 4 is 65.7 Å². The lowest BCUT2D eigenvalue weighted by molar-refractivity contribution is 0.403. The molecule has 0 bridgehead atoms. The van der Waals surface area contributed by atoms with Gasteiger partial charge in [-0.1, -0.05) is 170 Å². The Bertz CT molecular complexity index is 3280. The molecule has 9 aromatic carbocycles. The third kappa shape index (κ3) is 6.06. The minimum Gasteiger partial charge on any atom is -0.346 e. The fraction of sp³-hybridized carbons (Fsp3) is 0.0667. The number of benzene rings is 9. The van der Waals surface area contributed by atoms with Crippen LogP contribution in [0, 0.1) is 0 Å². The van der Waals surface area contributed by atoms with Gasteiger partial charge in [-0.15, -0.1) is 0 Å². The fourth-order valence-electron chi connectivity index (χ4n) is 10.5. The van der Waals surface area contributed by atoms with E-state index in [-0.39, 0.29) is 12.3 Å². The Morgan fingerprint density at radius 2 is 0.688 bits per heavy atom. The zero-order valence-electron chi connectivity index (χ0n) is 35.1. The molecule has 4 heterocycles. The molecule has 0 radical (unpaired) electrons. The lowest BCUT2D eigenvalue weighted by Crippen LogP contribution is -2.28. The van der Waals surface area contributed by atoms with E-state index in [1.807, 2.05) is 0 Å². The topological polar surface area (TPSA) is 31.2 Å². The number of hydrogen-bond donors (Lipinski definition) is 0. The molecule has 0 saturated carbocycles. The standard InChI is InChI=1S/C60H42N4/c1-3-13-39(14-4-1)49-21-11-31-63-37-55(61-59(49)63)45-27-23-43-35-47(29-25-41(43)33-45)57-51-17-7-9-19-53(51)58(54-20-10-8-18-52(54)57)48-30-26-42-34-46(28-24-44(42)36-48)56-38-64-32-12-22-50(60(64)62-56)40-15-5-2-6-16-40/h1-36,59-60H,37-38H2. The van der Waals surface area contributed by atoms with Crippen LogP contribution in [-0.2, 0) is 0 Å². The number of aliphatic imine (C=N–C) groups is 2. The van der Waals surface area contributed by atoms with Crippen LogP contribution in [0.25, 0.3) is 76.5 Å². The SMILES string of the molecule is C1=CN2CC(c3ccc4cc(-c5c6ccccc6c(-c6ccc7cc(C8=NC9C(c%10ccccc%10)=CC=CN9C8)ccc7c6)c6ccccc56)ccc4c3)=NC2C(c2ccccc2)=C1. The highest BCUT2D eigenvalue weighted by atomic mass is 15.3. The van der Waals surface area contributed by atoms with Gasteiger partial charge in [-0.05, 0) is 124 Å². The molecule has 0 aromatic heterocycles. The Balaban J connectivity index is 0.845. The largest absolute Gasteiger partial charge is 0.346 e. The predicted molar refractivity (Wildman–Crippen MR) is 269 cm³/mol. The minimum atomic E-state index is -0.00172. The lowest BCUT2D eigenvalue weighted by Gasteiger charge is -2.26. The monoisotopic (exact) mass is 818 g/mol. The van der Waals surface area contributed by atoms with E-state index >= 15 is 0 Å². The van der Waals surface area contributed by atoms with Crippen molar-refractivity contribution in [3.63, 3.8) is 0 Å². The molecule has 0 aliphatic carbocycles. The van der Waals surface area contributed by atoms with E-state index in [1.54, 1.807) is 0 Å². The first-order chi connectivity index (χ1) is 31.7. The van der Waals surface area contributed by atoms with Crippen molar-refractivity contribution in [2.45, 2.75) is 12.3 Å². The summed E-state index contributed by atoms with van der Waals surface area (Å²) in [5, 5.41) is 9.89. The summed E-state index contributed by atoms with van der Waals surface area (Å²) < 4.78 is 0. The van der Waals surface area contributed by atoms with Gasteiger partial charge < -0.3 is 9.80 Å². The van der Waals surface area contributed by atoms with Crippen LogP contribution in [0.2, 0.25) is 0 Å². The number of nitrogens with zero attached hydrogens (tertiary/aromatic N) is 4. The average molecular weight is 819 g/mol. The summed E-state index contributed by atoms with van der Waals surface area (Å²) in [6.45, 7) is 1.58. The van der Waals surface area contributed by atoms with E-state index in [2.05, 4.69) is 228 Å². The third-order valence-electron chi connectivity index (χ3n) is 13.6. The van der Waals surface area contributed by atoms with Crippen molar-refractivity contribution in [1.29, 1.82) is 0 Å². The Morgan fingerprint density at radius 1 is 0.344 bits per heavy atom. The second-order valence-electron chi connectivity index (χ2n) is 17.3. The zero-order valence-corrected chi connectivity index (χ0v) is 35.1. The normalized spacial score (nSPS) is 17.8. The van der Waals surface area contributed by atoms with Crippen LogP contribution >= 0.6 is 0 Å². The van der Waals surface area contributed by atoms with Crippen molar-refractivity contribution < 1.29 is 0 Å². The second-order valence-corrected chi connectivity index (χ2v) is 17.3. The first kappa shape index (κ1) is 36.6. The van der Waals surface area contributed by atoms with Crippen LogP contribution in [0.5, 0.6) is 0 Å². The Morgan fingerprint density at radius 3 is 1.08 bits per heavy atom. The Labute approximate surface area is 372 Å². The van der Waals surface area contributed by atoms with E-state index < -0.39 is 0 Å². The van der Waals surface area contributed by atoms with Gasteiger partial charge in [-0.3, -0.25) is 9.98 Å². The number of fused-ring (bicyclic) bond motifs is 6. The molecular weight excluding hydrogens is 777 g/mol. The molecule has 4 aliphatic heterocycles. The van der Waals surface area contributed by atoms with Crippen molar-refractivity contribution in [3.05, 3.63) is 241 Å². The van der Waals surface area contributed by atoms with Crippen LogP contribution in [-0.4, -0.2) is 46.6 Å². The van der Waals surface area contributed by atoms with Crippen LogP contribution < -0.4 is 0 Å². The van der Waals surface area contributed by atoms with Gasteiger partial charge in [0.1, 0.15) is 12.3 Å².